The number of nitrogens with zero attached hydrogens (tertiary/aromatic N) is 1. The molecule has 2 rings (SSSR count). The van der Waals surface area contributed by atoms with E-state index in [0.29, 0.717) is 29.1 Å². The van der Waals surface area contributed by atoms with Crippen LogP contribution >= 0.6 is 0 Å². The van der Waals surface area contributed by atoms with E-state index in [9.17, 15) is 22.8 Å². The second-order valence-corrected chi connectivity index (χ2v) is 5.98. The maximum atomic E-state index is 12.6. The van der Waals surface area contributed by atoms with E-state index in [1.807, 2.05) is 30.3 Å². The first-order valence-corrected chi connectivity index (χ1v) is 8.25. The van der Waals surface area contributed by atoms with Crippen molar-refractivity contribution in [1.82, 2.24) is 4.90 Å². The van der Waals surface area contributed by atoms with Gasteiger partial charge in [-0.25, -0.2) is 4.79 Å². The highest BCUT2D eigenvalue weighted by molar-refractivity contribution is 5.95. The fourth-order valence-electron chi connectivity index (χ4n) is 2.67. The van der Waals surface area contributed by atoms with E-state index in [4.69, 9.17) is 4.42 Å². The Hall–Kier alpha value is -2.57. The Morgan fingerprint density at radius 2 is 1.81 bits per heavy atom. The quantitative estimate of drug-likeness (QED) is 0.781. The van der Waals surface area contributed by atoms with E-state index >= 15 is 0 Å². The van der Waals surface area contributed by atoms with Gasteiger partial charge in [0.25, 0.3) is 5.91 Å². The van der Waals surface area contributed by atoms with Gasteiger partial charge in [0.05, 0.1) is 0 Å². The first-order valence-electron chi connectivity index (χ1n) is 8.25. The van der Waals surface area contributed by atoms with E-state index < -0.39 is 24.3 Å². The minimum Gasteiger partial charge on any atom is -0.427 e. The van der Waals surface area contributed by atoms with Gasteiger partial charge in [-0.3, -0.25) is 4.79 Å². The highest BCUT2D eigenvalue weighted by Crippen LogP contribution is 2.19. The van der Waals surface area contributed by atoms with Crippen LogP contribution in [-0.4, -0.2) is 30.1 Å². The average molecular weight is 367 g/mol. The van der Waals surface area contributed by atoms with Gasteiger partial charge in [0, 0.05) is 13.0 Å². The van der Waals surface area contributed by atoms with E-state index in [1.165, 1.54) is 13.8 Å². The molecule has 140 valence electrons. The summed E-state index contributed by atoms with van der Waals surface area (Å²) < 4.78 is 43.0. The van der Waals surface area contributed by atoms with Gasteiger partial charge < -0.3 is 9.32 Å². The van der Waals surface area contributed by atoms with Gasteiger partial charge >= 0.3 is 11.8 Å². The van der Waals surface area contributed by atoms with Crippen molar-refractivity contribution >= 4 is 5.91 Å². The fourth-order valence-corrected chi connectivity index (χ4v) is 2.67. The minimum atomic E-state index is -4.53. The lowest BCUT2D eigenvalue weighted by molar-refractivity contribution is -0.140. The van der Waals surface area contributed by atoms with E-state index in [1.54, 1.807) is 6.07 Å². The maximum Gasteiger partial charge on any atom is 0.406 e. The molecule has 0 bridgehead atoms. The van der Waals surface area contributed by atoms with Crippen LogP contribution in [0.25, 0.3) is 0 Å². The monoisotopic (exact) mass is 367 g/mol. The third-order valence-electron chi connectivity index (χ3n) is 3.96. The molecule has 0 radical (unpaired) electrons. The van der Waals surface area contributed by atoms with Gasteiger partial charge in [0.1, 0.15) is 17.9 Å². The molecule has 0 saturated heterocycles. The van der Waals surface area contributed by atoms with Gasteiger partial charge in [0.2, 0.25) is 0 Å². The van der Waals surface area contributed by atoms with Crippen LogP contribution in [0.3, 0.4) is 0 Å². The molecule has 7 heteroatoms. The summed E-state index contributed by atoms with van der Waals surface area (Å²) in [6.07, 6.45) is -3.43. The number of rotatable bonds is 6. The second kappa shape index (κ2) is 8.21. The average Bonchev–Trinajstić information content (AvgIpc) is 2.57. The van der Waals surface area contributed by atoms with Gasteiger partial charge in [0.15, 0.2) is 0 Å². The Balaban J connectivity index is 2.20. The zero-order chi connectivity index (χ0) is 19.3. The summed E-state index contributed by atoms with van der Waals surface area (Å²) in [6.45, 7) is 1.39. The largest absolute Gasteiger partial charge is 0.427 e. The van der Waals surface area contributed by atoms with Crippen molar-refractivity contribution in [3.8, 4) is 0 Å². The van der Waals surface area contributed by atoms with Crippen LogP contribution in [0.2, 0.25) is 0 Å². The van der Waals surface area contributed by atoms with Gasteiger partial charge in [-0.05, 0) is 37.5 Å². The molecule has 0 atom stereocenters. The number of hydrogen-bond acceptors (Lipinski definition) is 3. The maximum absolute atomic E-state index is 12.6. The van der Waals surface area contributed by atoms with Crippen LogP contribution < -0.4 is 5.63 Å². The topological polar surface area (TPSA) is 50.5 Å². The molecule has 0 aliphatic rings. The summed E-state index contributed by atoms with van der Waals surface area (Å²) in [7, 11) is 0. The molecule has 2 aromatic rings. The fraction of sp³-hybridized carbons (Fsp3) is 0.368. The SMILES string of the molecule is CCN(CC(F)(F)F)C(=O)c1c(C)cc(CCc2ccccc2)oc1=O. The molecule has 0 aliphatic carbocycles. The van der Waals surface area contributed by atoms with Crippen LogP contribution in [0.5, 0.6) is 0 Å². The first-order chi connectivity index (χ1) is 12.2. The Morgan fingerprint density at radius 3 is 2.35 bits per heavy atom. The molecule has 0 aliphatic heterocycles. The van der Waals surface area contributed by atoms with Crippen LogP contribution in [0, 0.1) is 6.92 Å². The van der Waals surface area contributed by atoms with Gasteiger partial charge in [-0.2, -0.15) is 13.2 Å². The van der Waals surface area contributed by atoms with Crippen molar-refractivity contribution in [1.29, 1.82) is 0 Å². The predicted molar refractivity (Wildman–Crippen MR) is 91.2 cm³/mol. The zero-order valence-electron chi connectivity index (χ0n) is 14.6. The zero-order valence-corrected chi connectivity index (χ0v) is 14.6. The summed E-state index contributed by atoms with van der Waals surface area (Å²) in [6, 6.07) is 11.1. The summed E-state index contributed by atoms with van der Waals surface area (Å²) in [5.74, 6) is -0.572. The molecule has 0 N–H and O–H groups in total. The highest BCUT2D eigenvalue weighted by atomic mass is 19.4. The molecular weight excluding hydrogens is 347 g/mol. The van der Waals surface area contributed by atoms with Crippen LogP contribution in [0.15, 0.2) is 45.6 Å². The Kier molecular flexibility index (Phi) is 6.23. The number of alkyl halides is 3. The van der Waals surface area contributed by atoms with Crippen LogP contribution in [0.1, 0.15) is 34.2 Å². The highest BCUT2D eigenvalue weighted by Gasteiger charge is 2.34. The molecule has 1 heterocycles. The Bertz CT molecular complexity index is 813. The van der Waals surface area contributed by atoms with Crippen molar-refractivity contribution in [3.05, 3.63) is 69.3 Å². The number of hydrogen-bond donors (Lipinski definition) is 0. The molecule has 0 unspecified atom stereocenters. The van der Waals surface area contributed by atoms with Crippen molar-refractivity contribution in [3.63, 3.8) is 0 Å². The summed E-state index contributed by atoms with van der Waals surface area (Å²) in [5, 5.41) is 0. The standard InChI is InChI=1S/C19H20F3NO3/c1-3-23(12-19(20,21)22)17(24)16-13(2)11-15(26-18(16)25)10-9-14-7-5-4-6-8-14/h4-8,11H,3,9-10,12H2,1-2H3. The molecule has 1 amide bonds. The van der Waals surface area contributed by atoms with Crippen molar-refractivity contribution < 1.29 is 22.4 Å². The molecule has 0 saturated carbocycles. The van der Waals surface area contributed by atoms with Crippen LogP contribution in [0.4, 0.5) is 13.2 Å². The molecule has 26 heavy (non-hydrogen) atoms. The minimum absolute atomic E-state index is 0.160. The number of benzene rings is 1. The normalized spacial score (nSPS) is 11.4. The van der Waals surface area contributed by atoms with Crippen LogP contribution in [-0.2, 0) is 12.8 Å². The van der Waals surface area contributed by atoms with Crippen molar-refractivity contribution in [2.24, 2.45) is 0 Å². The molecule has 0 fully saturated rings. The molecule has 1 aromatic carbocycles. The number of halogens is 3. The van der Waals surface area contributed by atoms with Crippen molar-refractivity contribution in [2.75, 3.05) is 13.1 Å². The Labute approximate surface area is 149 Å². The molecule has 1 aromatic heterocycles. The van der Waals surface area contributed by atoms with Gasteiger partial charge in [-0.1, -0.05) is 30.3 Å². The number of carbonyl (C=O) groups excluding carboxylic acids is 1. The molecular formula is C19H20F3NO3. The summed E-state index contributed by atoms with van der Waals surface area (Å²) in [5.41, 5.74) is 0.128. The summed E-state index contributed by atoms with van der Waals surface area (Å²) in [4.78, 5) is 25.1. The third-order valence-corrected chi connectivity index (χ3v) is 3.96. The van der Waals surface area contributed by atoms with E-state index in [-0.39, 0.29) is 12.1 Å². The first kappa shape index (κ1) is 19.8. The number of amides is 1. The summed E-state index contributed by atoms with van der Waals surface area (Å²) >= 11 is 0. The Morgan fingerprint density at radius 1 is 1.15 bits per heavy atom. The van der Waals surface area contributed by atoms with E-state index in [2.05, 4.69) is 0 Å². The van der Waals surface area contributed by atoms with E-state index in [0.717, 1.165) is 5.56 Å². The third kappa shape index (κ3) is 5.21. The second-order valence-electron chi connectivity index (χ2n) is 5.98. The smallest absolute Gasteiger partial charge is 0.406 e. The lowest BCUT2D eigenvalue weighted by Crippen LogP contribution is -2.41. The lowest BCUT2D eigenvalue weighted by Gasteiger charge is -2.22. The predicted octanol–water partition coefficient (Wildman–Crippen LogP) is 3.76. The lowest BCUT2D eigenvalue weighted by atomic mass is 10.1. The number of carbonyl (C=O) groups is 1. The molecule has 4 nitrogen and oxygen atoms in total. The number of aryl methyl sites for hydroxylation is 3. The van der Waals surface area contributed by atoms with Crippen molar-refractivity contribution in [2.45, 2.75) is 32.9 Å². The molecule has 0 spiro atoms. The van der Waals surface area contributed by atoms with Gasteiger partial charge in [-0.15, -0.1) is 0 Å².